The van der Waals surface area contributed by atoms with Gasteiger partial charge in [0.1, 0.15) is 77.2 Å². The van der Waals surface area contributed by atoms with Gasteiger partial charge in [-0.2, -0.15) is 0 Å². The molecule has 5 heterocycles. The zero-order valence-corrected chi connectivity index (χ0v) is 56.6. The van der Waals surface area contributed by atoms with Gasteiger partial charge >= 0.3 is 6.03 Å². The number of fused-ring (bicyclic) bond motifs is 15. The van der Waals surface area contributed by atoms with E-state index in [0.29, 0.717) is 18.3 Å². The molecule has 100 heavy (non-hydrogen) atoms. The van der Waals surface area contributed by atoms with E-state index in [1.165, 1.54) is 48.5 Å². The molecular weight excluding hydrogens is 1340 g/mol. The van der Waals surface area contributed by atoms with Crippen molar-refractivity contribution < 1.29 is 83.3 Å². The number of nitrogens with two attached hydrogens (primary N) is 1. The highest BCUT2D eigenvalue weighted by molar-refractivity contribution is 6.32. The SMILES string of the molecule is CCCCCCCCNC(=O)NC(=O)CC1NC(=O)C(NC(=O)[C@H](N)CC(C)C)[C@H](O)c2ccc(c(Cl)c2)Oc2cc3cc(c2O)Oc2ccc(cc2Cl)[C@@H](O)[C@@H]2NC(=O)[C@H](NC(=O)C3NC1=O)c1ccc(O)c(c1)-c1c(O)cc(O)cc1C(C(=O)NC1C3CC4CC(C3)CC1C4)NC2=O. The fourth-order valence-corrected chi connectivity index (χ4v) is 15.3. The fraction of sp³-hybridized carbons (Fsp3) is 0.451. The van der Waals surface area contributed by atoms with Crippen LogP contribution in [0.15, 0.2) is 78.9 Å². The molecule has 17 N–H and O–H groups in total. The summed E-state index contributed by atoms with van der Waals surface area (Å²) in [6.07, 6.45) is 4.84. The van der Waals surface area contributed by atoms with Gasteiger partial charge in [0, 0.05) is 29.8 Å². The van der Waals surface area contributed by atoms with Crippen molar-refractivity contribution in [3.63, 3.8) is 0 Å². The molecule has 14 rings (SSSR count). The summed E-state index contributed by atoms with van der Waals surface area (Å²) >= 11 is 13.8. The molecule has 27 nitrogen and oxygen atoms in total. The molecule has 0 saturated heterocycles. The molecule has 15 bridgehead atoms. The molecular formula is C71H82Cl2N10O17. The van der Waals surface area contributed by atoms with Crippen LogP contribution in [0.3, 0.4) is 0 Å². The number of halogens is 2. The average Bonchev–Trinajstić information content (AvgIpc) is 0.763. The van der Waals surface area contributed by atoms with Crippen molar-refractivity contribution in [2.75, 3.05) is 6.54 Å². The molecule has 5 aliphatic heterocycles. The zero-order chi connectivity index (χ0) is 71.5. The third-order valence-electron chi connectivity index (χ3n) is 19.6. The molecule has 4 fully saturated rings. The van der Waals surface area contributed by atoms with E-state index in [1.807, 2.05) is 0 Å². The monoisotopic (exact) mass is 1420 g/mol. The Morgan fingerprint density at radius 2 is 1.20 bits per heavy atom. The van der Waals surface area contributed by atoms with Crippen LogP contribution < -0.4 is 63.1 Å². The van der Waals surface area contributed by atoms with Gasteiger partial charge in [-0.05, 0) is 157 Å². The lowest BCUT2D eigenvalue weighted by Crippen LogP contribution is -2.59. The summed E-state index contributed by atoms with van der Waals surface area (Å²) in [6.45, 7) is 5.82. The number of ether oxygens (including phenoxy) is 2. The van der Waals surface area contributed by atoms with Gasteiger partial charge in [-0.15, -0.1) is 0 Å². The number of hydrogen-bond donors (Lipinski definition) is 16. The highest BCUT2D eigenvalue weighted by Gasteiger charge is 2.50. The largest absolute Gasteiger partial charge is 0.508 e. The number of phenolic OH excluding ortho intramolecular Hbond substituents is 4. The number of carbonyl (C=O) groups excluding carboxylic acids is 9. The minimum absolute atomic E-state index is 0.110. The summed E-state index contributed by atoms with van der Waals surface area (Å²) in [7, 11) is 0. The van der Waals surface area contributed by atoms with Gasteiger partial charge in [0.2, 0.25) is 53.0 Å². The highest BCUT2D eigenvalue weighted by Crippen LogP contribution is 2.54. The Hall–Kier alpha value is -9.41. The second-order valence-electron chi connectivity index (χ2n) is 27.4. The minimum Gasteiger partial charge on any atom is -0.508 e. The quantitative estimate of drug-likeness (QED) is 0.0485. The Kier molecular flexibility index (Phi) is 22.0. The number of amides is 10. The number of rotatable bonds is 15. The molecule has 29 heteroatoms. The summed E-state index contributed by atoms with van der Waals surface area (Å²) < 4.78 is 12.5. The first kappa shape index (κ1) is 71.9. The second-order valence-corrected chi connectivity index (χ2v) is 28.2. The first-order valence-corrected chi connectivity index (χ1v) is 34.5. The third kappa shape index (κ3) is 15.9. The van der Waals surface area contributed by atoms with E-state index in [0.717, 1.165) is 94.5 Å². The van der Waals surface area contributed by atoms with Crippen molar-refractivity contribution in [2.45, 2.75) is 165 Å². The van der Waals surface area contributed by atoms with Gasteiger partial charge in [-0.25, -0.2) is 4.79 Å². The van der Waals surface area contributed by atoms with Crippen LogP contribution in [0.4, 0.5) is 4.79 Å². The standard InChI is InChI=1S/C71H82Cl2N10O17/c1-4-5-6-7-8-9-16-75-71(98)77-53(87)30-46-65(92)79-57-39-26-51(99-49-14-11-35(24-43(49)72)61(88)59(69(96)76-46)82-64(91)45(74)17-31(2)3)63(90)52(27-39)100-50-15-12-36(25-44(50)73)62(89)60-70(97)81-58(68(95)78-55-37-19-32-18-33(21-37)22-38(55)20-32)42-28-40(84)29-48(86)54(42)41-23-34(10-13-47(41)85)56(66(93)83-60)80-67(57)94/h10-15,23-29,31-33,37-38,45-46,55-62,84-86,88-90H,4-9,16-22,30,74H2,1-3H3,(H,76,96)(H,78,95)(H,79,92)(H,80,94)(H,81,97)(H,82,91)(H,83,93)(H2,75,77,87,98)/t32?,33?,37?,38?,45-,46?,55?,56-,57?,58?,59?,60+,61-,62-/m1/s1. The summed E-state index contributed by atoms with van der Waals surface area (Å²) in [4.78, 5) is 134. The predicted molar refractivity (Wildman–Crippen MR) is 362 cm³/mol. The van der Waals surface area contributed by atoms with Crippen LogP contribution >= 0.6 is 23.2 Å². The van der Waals surface area contributed by atoms with Gasteiger partial charge in [-0.1, -0.05) is 94.3 Å². The van der Waals surface area contributed by atoms with Crippen LogP contribution in [0, 0.1) is 29.6 Å². The van der Waals surface area contributed by atoms with Gasteiger partial charge < -0.3 is 88.4 Å². The number of benzene rings is 5. The second kappa shape index (κ2) is 30.6. The van der Waals surface area contributed by atoms with E-state index in [-0.39, 0.29) is 97.2 Å². The molecule has 0 radical (unpaired) electrons. The van der Waals surface area contributed by atoms with E-state index >= 15 is 24.0 Å². The number of aromatic hydroxyl groups is 4. The van der Waals surface area contributed by atoms with Crippen molar-refractivity contribution in [3.8, 4) is 57.1 Å². The van der Waals surface area contributed by atoms with Crippen LogP contribution in [0.5, 0.6) is 46.0 Å². The number of urea groups is 1. The van der Waals surface area contributed by atoms with E-state index in [9.17, 15) is 49.8 Å². The first-order chi connectivity index (χ1) is 47.7. The minimum atomic E-state index is -2.22. The molecule has 532 valence electrons. The summed E-state index contributed by atoms with van der Waals surface area (Å²) in [5.74, 6) is -12.6. The number of aliphatic hydroxyl groups excluding tert-OH is 2. The average molecular weight is 1420 g/mol. The van der Waals surface area contributed by atoms with Crippen molar-refractivity contribution in [1.29, 1.82) is 0 Å². The molecule has 4 saturated carbocycles. The van der Waals surface area contributed by atoms with Gasteiger partial charge in [0.25, 0.3) is 0 Å². The lowest BCUT2D eigenvalue weighted by molar-refractivity contribution is -0.138. The number of unbranched alkanes of at least 4 members (excludes halogenated alkanes) is 5. The van der Waals surface area contributed by atoms with Crippen molar-refractivity contribution >= 4 is 76.5 Å². The number of aliphatic hydroxyl groups is 2. The van der Waals surface area contributed by atoms with Crippen LogP contribution in [-0.4, -0.2) is 121 Å². The number of hydrogen-bond acceptors (Lipinski definition) is 18. The third-order valence-corrected chi connectivity index (χ3v) is 20.2. The first-order valence-electron chi connectivity index (χ1n) is 33.7. The van der Waals surface area contributed by atoms with Crippen molar-refractivity contribution in [3.05, 3.63) is 117 Å². The number of phenols is 4. The molecule has 9 atom stereocenters. The highest BCUT2D eigenvalue weighted by atomic mass is 35.5. The molecule has 9 aliphatic rings. The number of carbonyl (C=O) groups is 9. The molecule has 4 unspecified atom stereocenters. The Labute approximate surface area is 585 Å². The van der Waals surface area contributed by atoms with Gasteiger partial charge in [0.15, 0.2) is 11.5 Å². The number of nitrogens with one attached hydrogen (secondary N) is 9. The Bertz CT molecular complexity index is 4020. The molecule has 5 aromatic carbocycles. The fourth-order valence-electron chi connectivity index (χ4n) is 14.9. The van der Waals surface area contributed by atoms with E-state index in [2.05, 4.69) is 54.8 Å². The summed E-state index contributed by atoms with van der Waals surface area (Å²) in [5.41, 5.74) is 4.56. The lowest BCUT2D eigenvalue weighted by Gasteiger charge is -2.54. The Morgan fingerprint density at radius 3 is 1.83 bits per heavy atom. The maximum absolute atomic E-state index is 15.9. The Balaban J connectivity index is 1.05. The predicted octanol–water partition coefficient (Wildman–Crippen LogP) is 6.69. The van der Waals surface area contributed by atoms with E-state index < -0.39 is 149 Å². The van der Waals surface area contributed by atoms with Crippen LogP contribution in [0.2, 0.25) is 10.0 Å². The van der Waals surface area contributed by atoms with Crippen LogP contribution in [-0.2, 0) is 38.4 Å². The van der Waals surface area contributed by atoms with Gasteiger partial charge in [-0.3, -0.25) is 43.7 Å². The topological polar surface area (TPSA) is 428 Å². The van der Waals surface area contributed by atoms with E-state index in [4.69, 9.17) is 38.4 Å². The summed E-state index contributed by atoms with van der Waals surface area (Å²) in [5, 5.41) is 94.4. The maximum atomic E-state index is 15.9. The zero-order valence-electron chi connectivity index (χ0n) is 55.1. The van der Waals surface area contributed by atoms with E-state index in [1.54, 1.807) is 13.8 Å². The normalized spacial score (nSPS) is 25.7. The lowest BCUT2D eigenvalue weighted by atomic mass is 9.54. The van der Waals surface area contributed by atoms with Crippen LogP contribution in [0.1, 0.15) is 162 Å². The Morgan fingerprint density at radius 1 is 0.610 bits per heavy atom. The smallest absolute Gasteiger partial charge is 0.321 e. The molecule has 4 aliphatic carbocycles. The summed E-state index contributed by atoms with van der Waals surface area (Å²) in [6, 6.07) is -0.0508. The maximum Gasteiger partial charge on any atom is 0.321 e. The van der Waals surface area contributed by atoms with Crippen molar-refractivity contribution in [1.82, 2.24) is 47.9 Å². The molecule has 0 spiro atoms. The van der Waals surface area contributed by atoms with Crippen LogP contribution in [0.25, 0.3) is 11.1 Å². The van der Waals surface area contributed by atoms with Gasteiger partial charge in [0.05, 0.1) is 22.5 Å². The molecule has 5 aromatic rings. The molecule has 0 aromatic heterocycles. The van der Waals surface area contributed by atoms with Crippen molar-refractivity contribution in [2.24, 2.45) is 35.3 Å². The number of imide groups is 1. The molecule has 10 amide bonds.